The normalized spacial score (nSPS) is 27.2. The molecule has 1 fully saturated rings. The Hall–Kier alpha value is -0.770. The average Bonchev–Trinajstić information content (AvgIpc) is 2.05. The van der Waals surface area contributed by atoms with Crippen LogP contribution in [0.25, 0.3) is 0 Å². The van der Waals surface area contributed by atoms with E-state index >= 15 is 0 Å². The summed E-state index contributed by atoms with van der Waals surface area (Å²) in [7, 11) is 0. The number of carbonyl (C=O) groups excluding carboxylic acids is 1. The maximum Gasteiger partial charge on any atom is 0.407 e. The quantitative estimate of drug-likeness (QED) is 0.727. The van der Waals surface area contributed by atoms with Gasteiger partial charge in [0.25, 0.3) is 0 Å². The van der Waals surface area contributed by atoms with Crippen LogP contribution < -0.4 is 5.32 Å². The Morgan fingerprint density at radius 3 is 2.67 bits per heavy atom. The van der Waals surface area contributed by atoms with Gasteiger partial charge in [0.05, 0.1) is 12.6 Å². The molecule has 4 nitrogen and oxygen atoms in total. The standard InChI is InChI=1S/C11H21NO3/c1-8-5-6-14-7-9(8)12-10(13)15-11(2,3)4/h8-9H,5-7H2,1-4H3,(H,12,13)/t8-,9-/m0/s1. The van der Waals surface area contributed by atoms with Gasteiger partial charge in [0.15, 0.2) is 0 Å². The number of hydrogen-bond donors (Lipinski definition) is 1. The van der Waals surface area contributed by atoms with Crippen molar-refractivity contribution in [1.29, 1.82) is 0 Å². The third kappa shape index (κ3) is 4.51. The molecule has 0 aromatic carbocycles. The molecule has 15 heavy (non-hydrogen) atoms. The first-order valence-corrected chi connectivity index (χ1v) is 5.46. The largest absolute Gasteiger partial charge is 0.444 e. The van der Waals surface area contributed by atoms with Crippen molar-refractivity contribution in [2.45, 2.75) is 45.8 Å². The lowest BCUT2D eigenvalue weighted by atomic mass is 9.97. The smallest absolute Gasteiger partial charge is 0.407 e. The summed E-state index contributed by atoms with van der Waals surface area (Å²) in [6, 6.07) is 0.0774. The molecule has 4 heteroatoms. The Kier molecular flexibility index (Phi) is 3.97. The van der Waals surface area contributed by atoms with Gasteiger partial charge in [-0.05, 0) is 33.1 Å². The van der Waals surface area contributed by atoms with Crippen molar-refractivity contribution < 1.29 is 14.3 Å². The van der Waals surface area contributed by atoms with Crippen LogP contribution in [0.15, 0.2) is 0 Å². The number of carbonyl (C=O) groups is 1. The van der Waals surface area contributed by atoms with E-state index in [9.17, 15) is 4.79 Å². The molecular weight excluding hydrogens is 194 g/mol. The van der Waals surface area contributed by atoms with Crippen molar-refractivity contribution in [3.63, 3.8) is 0 Å². The highest BCUT2D eigenvalue weighted by Gasteiger charge is 2.25. The topological polar surface area (TPSA) is 47.6 Å². The van der Waals surface area contributed by atoms with Crippen LogP contribution >= 0.6 is 0 Å². The first kappa shape index (κ1) is 12.3. The third-order valence-electron chi connectivity index (χ3n) is 2.40. The van der Waals surface area contributed by atoms with Crippen LogP contribution in [0.2, 0.25) is 0 Å². The van der Waals surface area contributed by atoms with Gasteiger partial charge in [0, 0.05) is 6.61 Å². The Labute approximate surface area is 91.3 Å². The molecule has 0 unspecified atom stereocenters. The Balaban J connectivity index is 2.36. The molecule has 2 atom stereocenters. The molecule has 1 amide bonds. The number of rotatable bonds is 1. The lowest BCUT2D eigenvalue weighted by Gasteiger charge is -2.30. The predicted octanol–water partition coefficient (Wildman–Crippen LogP) is 1.94. The summed E-state index contributed by atoms with van der Waals surface area (Å²) >= 11 is 0. The molecule has 1 aliphatic rings. The van der Waals surface area contributed by atoms with Gasteiger partial charge in [0.1, 0.15) is 5.60 Å². The third-order valence-corrected chi connectivity index (χ3v) is 2.40. The summed E-state index contributed by atoms with van der Waals surface area (Å²) in [5, 5.41) is 2.84. The Morgan fingerprint density at radius 1 is 1.47 bits per heavy atom. The summed E-state index contributed by atoms with van der Waals surface area (Å²) < 4.78 is 10.5. The first-order chi connectivity index (χ1) is 6.88. The van der Waals surface area contributed by atoms with E-state index in [1.165, 1.54) is 0 Å². The minimum absolute atomic E-state index is 0.0774. The molecule has 1 heterocycles. The molecule has 0 bridgehead atoms. The predicted molar refractivity (Wildman–Crippen MR) is 57.8 cm³/mol. The van der Waals surface area contributed by atoms with Gasteiger partial charge < -0.3 is 14.8 Å². The van der Waals surface area contributed by atoms with Crippen LogP contribution in [0, 0.1) is 5.92 Å². The van der Waals surface area contributed by atoms with Crippen molar-refractivity contribution in [1.82, 2.24) is 5.32 Å². The highest BCUT2D eigenvalue weighted by molar-refractivity contribution is 5.68. The van der Waals surface area contributed by atoms with E-state index in [0.29, 0.717) is 12.5 Å². The molecule has 0 aromatic heterocycles. The highest BCUT2D eigenvalue weighted by Crippen LogP contribution is 2.15. The zero-order valence-electron chi connectivity index (χ0n) is 10.0. The van der Waals surface area contributed by atoms with Gasteiger partial charge in [-0.15, -0.1) is 0 Å². The van der Waals surface area contributed by atoms with Gasteiger partial charge in [-0.2, -0.15) is 0 Å². The van der Waals surface area contributed by atoms with Crippen molar-refractivity contribution in [3.05, 3.63) is 0 Å². The first-order valence-electron chi connectivity index (χ1n) is 5.46. The van der Waals surface area contributed by atoms with E-state index in [1.807, 2.05) is 20.8 Å². The molecule has 0 aliphatic carbocycles. The number of ether oxygens (including phenoxy) is 2. The van der Waals surface area contributed by atoms with E-state index in [4.69, 9.17) is 9.47 Å². The van der Waals surface area contributed by atoms with E-state index in [-0.39, 0.29) is 12.1 Å². The fraction of sp³-hybridized carbons (Fsp3) is 0.909. The fourth-order valence-electron chi connectivity index (χ4n) is 1.49. The zero-order valence-corrected chi connectivity index (χ0v) is 10.0. The summed E-state index contributed by atoms with van der Waals surface area (Å²) in [5.41, 5.74) is -0.442. The average molecular weight is 215 g/mol. The molecule has 1 aliphatic heterocycles. The van der Waals surface area contributed by atoms with Crippen LogP contribution in [0.5, 0.6) is 0 Å². The minimum Gasteiger partial charge on any atom is -0.444 e. The molecule has 0 spiro atoms. The SMILES string of the molecule is C[C@H]1CCOC[C@@H]1NC(=O)OC(C)(C)C. The van der Waals surface area contributed by atoms with Gasteiger partial charge in [-0.25, -0.2) is 4.79 Å². The summed E-state index contributed by atoms with van der Waals surface area (Å²) in [6.07, 6.45) is 0.630. The zero-order chi connectivity index (χ0) is 11.5. The van der Waals surface area contributed by atoms with Gasteiger partial charge >= 0.3 is 6.09 Å². The number of nitrogens with one attached hydrogen (secondary N) is 1. The van der Waals surface area contributed by atoms with E-state index in [2.05, 4.69) is 12.2 Å². The van der Waals surface area contributed by atoms with Crippen molar-refractivity contribution in [2.75, 3.05) is 13.2 Å². The van der Waals surface area contributed by atoms with Crippen LogP contribution in [0.3, 0.4) is 0 Å². The maximum absolute atomic E-state index is 11.5. The van der Waals surface area contributed by atoms with Gasteiger partial charge in [-0.3, -0.25) is 0 Å². The van der Waals surface area contributed by atoms with E-state index in [0.717, 1.165) is 13.0 Å². The second-order valence-corrected chi connectivity index (χ2v) is 5.09. The second kappa shape index (κ2) is 4.84. The van der Waals surface area contributed by atoms with Crippen molar-refractivity contribution in [3.8, 4) is 0 Å². The van der Waals surface area contributed by atoms with E-state index in [1.54, 1.807) is 0 Å². The van der Waals surface area contributed by atoms with Crippen LogP contribution in [0.4, 0.5) is 4.79 Å². The monoisotopic (exact) mass is 215 g/mol. The van der Waals surface area contributed by atoms with Gasteiger partial charge in [-0.1, -0.05) is 6.92 Å². The second-order valence-electron chi connectivity index (χ2n) is 5.09. The van der Waals surface area contributed by atoms with Crippen LogP contribution in [-0.2, 0) is 9.47 Å². The number of hydrogen-bond acceptors (Lipinski definition) is 3. The highest BCUT2D eigenvalue weighted by atomic mass is 16.6. The van der Waals surface area contributed by atoms with Crippen molar-refractivity contribution >= 4 is 6.09 Å². The number of alkyl carbamates (subject to hydrolysis) is 1. The molecule has 1 rings (SSSR count). The lowest BCUT2D eigenvalue weighted by molar-refractivity contribution is 0.0207. The summed E-state index contributed by atoms with van der Waals surface area (Å²) in [4.78, 5) is 11.5. The molecule has 1 N–H and O–H groups in total. The number of amides is 1. The minimum atomic E-state index is -0.442. The Morgan fingerprint density at radius 2 is 2.13 bits per heavy atom. The van der Waals surface area contributed by atoms with E-state index < -0.39 is 5.60 Å². The Bertz CT molecular complexity index is 222. The molecule has 1 saturated heterocycles. The van der Waals surface area contributed by atoms with Crippen LogP contribution in [0.1, 0.15) is 34.1 Å². The lowest BCUT2D eigenvalue weighted by Crippen LogP contribution is -2.47. The van der Waals surface area contributed by atoms with Gasteiger partial charge in [0.2, 0.25) is 0 Å². The molecular formula is C11H21NO3. The summed E-state index contributed by atoms with van der Waals surface area (Å²) in [5.74, 6) is 0.450. The van der Waals surface area contributed by atoms with Crippen LogP contribution in [-0.4, -0.2) is 30.9 Å². The molecule has 88 valence electrons. The molecule has 0 saturated carbocycles. The molecule has 0 aromatic rings. The summed E-state index contributed by atoms with van der Waals surface area (Å²) in [6.45, 7) is 9.05. The molecule has 0 radical (unpaired) electrons. The fourth-order valence-corrected chi connectivity index (χ4v) is 1.49. The maximum atomic E-state index is 11.5. The van der Waals surface area contributed by atoms with Crippen molar-refractivity contribution in [2.24, 2.45) is 5.92 Å².